The number of hydrogen-bond acceptors (Lipinski definition) is 4. The molecule has 1 rings (SSSR count). The molecule has 1 aromatic carbocycles. The van der Waals surface area contributed by atoms with Crippen LogP contribution in [0.3, 0.4) is 0 Å². The Balaban J connectivity index is 3.00. The molecular formula is C12H14F2N2O3S. The van der Waals surface area contributed by atoms with Gasteiger partial charge in [0.1, 0.15) is 0 Å². The topological polar surface area (TPSA) is 81.4 Å². The zero-order valence-electron chi connectivity index (χ0n) is 10.5. The highest BCUT2D eigenvalue weighted by molar-refractivity contribution is 7.88. The molecule has 0 heterocycles. The maximum absolute atomic E-state index is 12.4. The van der Waals surface area contributed by atoms with Gasteiger partial charge in [-0.1, -0.05) is 18.2 Å². The summed E-state index contributed by atoms with van der Waals surface area (Å²) < 4.78 is 49.4. The molecule has 0 fully saturated rings. The van der Waals surface area contributed by atoms with Gasteiger partial charge in [0.2, 0.25) is 10.0 Å². The average molecular weight is 304 g/mol. The van der Waals surface area contributed by atoms with Crippen LogP contribution in [0, 0.1) is 11.3 Å². The summed E-state index contributed by atoms with van der Waals surface area (Å²) in [6, 6.07) is 7.90. The Morgan fingerprint density at radius 1 is 1.35 bits per heavy atom. The Kier molecular flexibility index (Phi) is 6.01. The average Bonchev–Trinajstić information content (AvgIpc) is 2.38. The highest BCUT2D eigenvalue weighted by atomic mass is 32.2. The number of alkyl halides is 2. The van der Waals surface area contributed by atoms with E-state index in [1.54, 1.807) is 12.1 Å². The third-order valence-corrected chi connectivity index (χ3v) is 4.35. The van der Waals surface area contributed by atoms with E-state index in [1.807, 2.05) is 6.07 Å². The van der Waals surface area contributed by atoms with Crippen LogP contribution in [0.5, 0.6) is 0 Å². The van der Waals surface area contributed by atoms with Crippen LogP contribution in [-0.4, -0.2) is 44.0 Å². The van der Waals surface area contributed by atoms with E-state index in [-0.39, 0.29) is 11.1 Å². The minimum atomic E-state index is -4.02. The van der Waals surface area contributed by atoms with Crippen LogP contribution in [0.4, 0.5) is 8.78 Å². The maximum atomic E-state index is 12.4. The van der Waals surface area contributed by atoms with E-state index in [2.05, 4.69) is 0 Å². The first kappa shape index (κ1) is 16.5. The molecular weight excluding hydrogens is 290 g/mol. The molecule has 20 heavy (non-hydrogen) atoms. The molecule has 1 aromatic rings. The van der Waals surface area contributed by atoms with Crippen molar-refractivity contribution < 1.29 is 22.3 Å². The fourth-order valence-corrected chi connectivity index (χ4v) is 3.18. The Bertz CT molecular complexity index is 585. The number of aliphatic hydroxyl groups excluding tert-OH is 1. The molecule has 5 nitrogen and oxygen atoms in total. The number of benzene rings is 1. The van der Waals surface area contributed by atoms with E-state index in [4.69, 9.17) is 10.4 Å². The van der Waals surface area contributed by atoms with Crippen LogP contribution in [0.2, 0.25) is 0 Å². The molecule has 0 atom stereocenters. The molecule has 1 N–H and O–H groups in total. The standard InChI is InChI=1S/C12H14F2N2O3S/c13-12(14)8-16(5-6-17)20(18,19)9-11-4-2-1-3-10(11)7-15/h1-4,12,17H,5-6,8-9H2. The van der Waals surface area contributed by atoms with Crippen molar-refractivity contribution >= 4 is 10.0 Å². The maximum Gasteiger partial charge on any atom is 0.252 e. The SMILES string of the molecule is N#Cc1ccccc1CS(=O)(=O)N(CCO)CC(F)F. The van der Waals surface area contributed by atoms with Crippen molar-refractivity contribution in [1.82, 2.24) is 4.31 Å². The van der Waals surface area contributed by atoms with Crippen molar-refractivity contribution in [2.24, 2.45) is 0 Å². The van der Waals surface area contributed by atoms with Gasteiger partial charge in [-0.05, 0) is 11.6 Å². The first-order valence-electron chi connectivity index (χ1n) is 5.75. The summed E-state index contributed by atoms with van der Waals surface area (Å²) in [7, 11) is -4.02. The third-order valence-electron chi connectivity index (χ3n) is 2.56. The van der Waals surface area contributed by atoms with E-state index in [9.17, 15) is 17.2 Å². The summed E-state index contributed by atoms with van der Waals surface area (Å²) in [5, 5.41) is 17.7. The molecule has 0 saturated carbocycles. The molecule has 0 radical (unpaired) electrons. The normalized spacial score (nSPS) is 11.8. The van der Waals surface area contributed by atoms with Gasteiger partial charge >= 0.3 is 0 Å². The second-order valence-corrected chi connectivity index (χ2v) is 5.97. The smallest absolute Gasteiger partial charge is 0.252 e. The molecule has 0 aliphatic rings. The van der Waals surface area contributed by atoms with Crippen molar-refractivity contribution in [1.29, 1.82) is 5.26 Å². The Labute approximate surface area is 116 Å². The highest BCUT2D eigenvalue weighted by Crippen LogP contribution is 2.15. The Morgan fingerprint density at radius 2 is 2.00 bits per heavy atom. The van der Waals surface area contributed by atoms with Crippen LogP contribution in [0.15, 0.2) is 24.3 Å². The van der Waals surface area contributed by atoms with Gasteiger partial charge < -0.3 is 5.11 Å². The fourth-order valence-electron chi connectivity index (χ4n) is 1.65. The lowest BCUT2D eigenvalue weighted by atomic mass is 10.1. The zero-order chi connectivity index (χ0) is 15.2. The van der Waals surface area contributed by atoms with Gasteiger partial charge in [-0.3, -0.25) is 0 Å². The van der Waals surface area contributed by atoms with Crippen molar-refractivity contribution in [3.63, 3.8) is 0 Å². The van der Waals surface area contributed by atoms with Crippen molar-refractivity contribution in [3.8, 4) is 6.07 Å². The highest BCUT2D eigenvalue weighted by Gasteiger charge is 2.26. The number of hydrogen-bond donors (Lipinski definition) is 1. The van der Waals surface area contributed by atoms with Crippen LogP contribution in [0.25, 0.3) is 0 Å². The number of nitrogens with zero attached hydrogens (tertiary/aromatic N) is 2. The molecule has 0 spiro atoms. The second-order valence-electron chi connectivity index (χ2n) is 4.00. The van der Waals surface area contributed by atoms with E-state index in [0.29, 0.717) is 4.31 Å². The van der Waals surface area contributed by atoms with Gasteiger partial charge in [0, 0.05) is 6.54 Å². The van der Waals surface area contributed by atoms with Gasteiger partial charge in [0.25, 0.3) is 6.43 Å². The number of aliphatic hydroxyl groups is 1. The summed E-state index contributed by atoms with van der Waals surface area (Å²) >= 11 is 0. The van der Waals surface area contributed by atoms with Crippen LogP contribution >= 0.6 is 0 Å². The Hall–Kier alpha value is -1.56. The van der Waals surface area contributed by atoms with E-state index >= 15 is 0 Å². The zero-order valence-corrected chi connectivity index (χ0v) is 11.4. The van der Waals surface area contributed by atoms with E-state index < -0.39 is 41.9 Å². The molecule has 110 valence electrons. The fraction of sp³-hybridized carbons (Fsp3) is 0.417. The number of halogens is 2. The van der Waals surface area contributed by atoms with E-state index in [1.165, 1.54) is 12.1 Å². The molecule has 0 aliphatic carbocycles. The van der Waals surface area contributed by atoms with Gasteiger partial charge in [-0.25, -0.2) is 17.2 Å². The number of nitriles is 1. The van der Waals surface area contributed by atoms with Crippen LogP contribution in [0.1, 0.15) is 11.1 Å². The lowest BCUT2D eigenvalue weighted by Gasteiger charge is -2.21. The molecule has 0 saturated heterocycles. The third kappa shape index (κ3) is 4.52. The quantitative estimate of drug-likeness (QED) is 0.813. The minimum Gasteiger partial charge on any atom is -0.395 e. The molecule has 0 aliphatic heterocycles. The molecule has 0 aromatic heterocycles. The molecule has 8 heteroatoms. The predicted molar refractivity (Wildman–Crippen MR) is 68.4 cm³/mol. The first-order valence-corrected chi connectivity index (χ1v) is 7.36. The minimum absolute atomic E-state index is 0.178. The van der Waals surface area contributed by atoms with Gasteiger partial charge in [-0.15, -0.1) is 0 Å². The lowest BCUT2D eigenvalue weighted by Crippen LogP contribution is -2.38. The van der Waals surface area contributed by atoms with Crippen LogP contribution in [-0.2, 0) is 15.8 Å². The van der Waals surface area contributed by atoms with Gasteiger partial charge in [0.15, 0.2) is 0 Å². The van der Waals surface area contributed by atoms with Gasteiger partial charge in [0.05, 0.1) is 30.5 Å². The number of sulfonamides is 1. The van der Waals surface area contributed by atoms with Crippen LogP contribution < -0.4 is 0 Å². The summed E-state index contributed by atoms with van der Waals surface area (Å²) in [5.74, 6) is -0.552. The van der Waals surface area contributed by atoms with Gasteiger partial charge in [-0.2, -0.15) is 9.57 Å². The summed E-state index contributed by atoms with van der Waals surface area (Å²) in [5.41, 5.74) is 0.421. The second kappa shape index (κ2) is 7.28. The van der Waals surface area contributed by atoms with Crippen molar-refractivity contribution in [2.75, 3.05) is 19.7 Å². The van der Waals surface area contributed by atoms with E-state index in [0.717, 1.165) is 0 Å². The monoisotopic (exact) mass is 304 g/mol. The number of rotatable bonds is 7. The predicted octanol–water partition coefficient (Wildman–Crippen LogP) is 0.947. The Morgan fingerprint density at radius 3 is 2.55 bits per heavy atom. The van der Waals surface area contributed by atoms with Crippen molar-refractivity contribution in [3.05, 3.63) is 35.4 Å². The molecule has 0 amide bonds. The lowest BCUT2D eigenvalue weighted by molar-refractivity contribution is 0.113. The summed E-state index contributed by atoms with van der Waals surface area (Å²) in [6.07, 6.45) is -2.83. The summed E-state index contributed by atoms with van der Waals surface area (Å²) in [6.45, 7) is -1.93. The molecule has 0 unspecified atom stereocenters. The largest absolute Gasteiger partial charge is 0.395 e. The molecule has 0 bridgehead atoms. The summed E-state index contributed by atoms with van der Waals surface area (Å²) in [4.78, 5) is 0. The van der Waals surface area contributed by atoms with Crippen molar-refractivity contribution in [2.45, 2.75) is 12.2 Å². The first-order chi connectivity index (χ1) is 9.40.